The number of rotatable bonds is 3. The first-order chi connectivity index (χ1) is 7.24. The first kappa shape index (κ1) is 10.5. The van der Waals surface area contributed by atoms with Gasteiger partial charge in [-0.05, 0) is 33.5 Å². The summed E-state index contributed by atoms with van der Waals surface area (Å²) in [6, 6.07) is 3.84. The Morgan fingerprint density at radius 1 is 1.53 bits per heavy atom. The normalized spacial score (nSPS) is 15.1. The molecule has 0 N–H and O–H groups in total. The third kappa shape index (κ3) is 1.86. The number of hydrogen-bond donors (Lipinski definition) is 0. The van der Waals surface area contributed by atoms with Crippen molar-refractivity contribution in [2.24, 2.45) is 0 Å². The molecule has 3 nitrogen and oxygen atoms in total. The second-order valence-electron chi connectivity index (χ2n) is 3.51. The standard InChI is InChI=1S/C11H11BrO3/c1-7(4-5-13)8-2-3-9-11(10(8)12)15-6-14-9/h2-3,5,7H,4,6H2,1H3. The fraction of sp³-hybridized carbons (Fsp3) is 0.364. The molecule has 0 fully saturated rings. The van der Waals surface area contributed by atoms with E-state index in [1.165, 1.54) is 0 Å². The number of ether oxygens (including phenoxy) is 2. The van der Waals surface area contributed by atoms with Crippen molar-refractivity contribution in [3.8, 4) is 11.5 Å². The molecule has 1 atom stereocenters. The summed E-state index contributed by atoms with van der Waals surface area (Å²) >= 11 is 3.48. The van der Waals surface area contributed by atoms with Gasteiger partial charge in [0.1, 0.15) is 6.29 Å². The molecule has 1 unspecified atom stereocenters. The lowest BCUT2D eigenvalue weighted by molar-refractivity contribution is -0.108. The number of fused-ring (bicyclic) bond motifs is 1. The van der Waals surface area contributed by atoms with Crippen LogP contribution in [-0.2, 0) is 4.79 Å². The van der Waals surface area contributed by atoms with Crippen LogP contribution < -0.4 is 9.47 Å². The Kier molecular flexibility index (Phi) is 2.95. The number of benzene rings is 1. The van der Waals surface area contributed by atoms with E-state index in [0.29, 0.717) is 6.42 Å². The lowest BCUT2D eigenvalue weighted by atomic mass is 9.98. The highest BCUT2D eigenvalue weighted by molar-refractivity contribution is 9.10. The van der Waals surface area contributed by atoms with Gasteiger partial charge in [-0.15, -0.1) is 0 Å². The van der Waals surface area contributed by atoms with Gasteiger partial charge in [-0.3, -0.25) is 0 Å². The zero-order valence-electron chi connectivity index (χ0n) is 8.33. The number of carbonyl (C=O) groups is 1. The summed E-state index contributed by atoms with van der Waals surface area (Å²) < 4.78 is 11.5. The Hall–Kier alpha value is -1.03. The van der Waals surface area contributed by atoms with Crippen LogP contribution >= 0.6 is 15.9 Å². The minimum atomic E-state index is 0.186. The van der Waals surface area contributed by atoms with Gasteiger partial charge in [0.2, 0.25) is 6.79 Å². The highest BCUT2D eigenvalue weighted by Crippen LogP contribution is 2.43. The number of carbonyl (C=O) groups excluding carboxylic acids is 1. The summed E-state index contributed by atoms with van der Waals surface area (Å²) in [5.41, 5.74) is 1.08. The molecule has 80 valence electrons. The number of aldehydes is 1. The predicted octanol–water partition coefficient (Wildman–Crippen LogP) is 2.87. The van der Waals surface area contributed by atoms with E-state index >= 15 is 0 Å². The molecule has 1 aromatic rings. The second kappa shape index (κ2) is 4.23. The van der Waals surface area contributed by atoms with Crippen LogP contribution in [-0.4, -0.2) is 13.1 Å². The fourth-order valence-electron chi connectivity index (χ4n) is 1.61. The lowest BCUT2D eigenvalue weighted by Gasteiger charge is -2.12. The minimum absolute atomic E-state index is 0.186. The minimum Gasteiger partial charge on any atom is -0.454 e. The van der Waals surface area contributed by atoms with Gasteiger partial charge in [0.25, 0.3) is 0 Å². The van der Waals surface area contributed by atoms with Gasteiger partial charge in [-0.2, -0.15) is 0 Å². The molecule has 15 heavy (non-hydrogen) atoms. The van der Waals surface area contributed by atoms with Crippen LogP contribution in [0.3, 0.4) is 0 Å². The maximum Gasteiger partial charge on any atom is 0.231 e. The molecule has 0 spiro atoms. The summed E-state index contributed by atoms with van der Waals surface area (Å²) in [4.78, 5) is 10.5. The van der Waals surface area contributed by atoms with Gasteiger partial charge in [0.15, 0.2) is 11.5 Å². The number of halogens is 1. The van der Waals surface area contributed by atoms with E-state index in [-0.39, 0.29) is 12.7 Å². The zero-order chi connectivity index (χ0) is 10.8. The van der Waals surface area contributed by atoms with E-state index in [4.69, 9.17) is 9.47 Å². The Morgan fingerprint density at radius 3 is 3.07 bits per heavy atom. The molecule has 0 aliphatic carbocycles. The quantitative estimate of drug-likeness (QED) is 0.793. The molecule has 1 heterocycles. The molecule has 1 aliphatic heterocycles. The van der Waals surface area contributed by atoms with Crippen LogP contribution in [0.2, 0.25) is 0 Å². The van der Waals surface area contributed by atoms with Crippen molar-refractivity contribution in [2.75, 3.05) is 6.79 Å². The van der Waals surface area contributed by atoms with Crippen LogP contribution in [0.1, 0.15) is 24.8 Å². The summed E-state index contributed by atoms with van der Waals surface area (Å²) in [6.45, 7) is 2.27. The largest absolute Gasteiger partial charge is 0.454 e. The Bertz CT molecular complexity index is 390. The maximum absolute atomic E-state index is 10.5. The Morgan fingerprint density at radius 2 is 2.33 bits per heavy atom. The van der Waals surface area contributed by atoms with Crippen LogP contribution in [0.15, 0.2) is 16.6 Å². The zero-order valence-corrected chi connectivity index (χ0v) is 9.91. The summed E-state index contributed by atoms with van der Waals surface area (Å²) in [7, 11) is 0. The average Bonchev–Trinajstić information content (AvgIpc) is 2.67. The van der Waals surface area contributed by atoms with Gasteiger partial charge < -0.3 is 14.3 Å². The summed E-state index contributed by atoms with van der Waals surface area (Å²) in [6.07, 6.45) is 1.44. The first-order valence-electron chi connectivity index (χ1n) is 4.75. The van der Waals surface area contributed by atoms with E-state index in [1.807, 2.05) is 19.1 Å². The van der Waals surface area contributed by atoms with E-state index in [1.54, 1.807) is 0 Å². The molecule has 0 saturated carbocycles. The smallest absolute Gasteiger partial charge is 0.231 e. The van der Waals surface area contributed by atoms with Crippen LogP contribution in [0.5, 0.6) is 11.5 Å². The summed E-state index contributed by atoms with van der Waals surface area (Å²) in [5.74, 6) is 1.68. The van der Waals surface area contributed by atoms with Gasteiger partial charge in [0, 0.05) is 6.42 Å². The second-order valence-corrected chi connectivity index (χ2v) is 4.30. The lowest BCUT2D eigenvalue weighted by Crippen LogP contribution is -1.96. The van der Waals surface area contributed by atoms with Gasteiger partial charge in [-0.25, -0.2) is 0 Å². The van der Waals surface area contributed by atoms with Gasteiger partial charge >= 0.3 is 0 Å². The molecular formula is C11H11BrO3. The van der Waals surface area contributed by atoms with Gasteiger partial charge in [0.05, 0.1) is 4.47 Å². The fourth-order valence-corrected chi connectivity index (χ4v) is 2.44. The molecular weight excluding hydrogens is 260 g/mol. The van der Waals surface area contributed by atoms with Crippen molar-refractivity contribution in [3.63, 3.8) is 0 Å². The number of hydrogen-bond acceptors (Lipinski definition) is 3. The molecule has 1 aliphatic rings. The SMILES string of the molecule is CC(CC=O)c1ccc2c(c1Br)OCO2. The van der Waals surface area contributed by atoms with Crippen LogP contribution in [0, 0.1) is 0 Å². The highest BCUT2D eigenvalue weighted by Gasteiger charge is 2.21. The van der Waals surface area contributed by atoms with E-state index in [0.717, 1.165) is 27.8 Å². The van der Waals surface area contributed by atoms with Crippen LogP contribution in [0.25, 0.3) is 0 Å². The van der Waals surface area contributed by atoms with Crippen molar-refractivity contribution in [3.05, 3.63) is 22.2 Å². The van der Waals surface area contributed by atoms with Gasteiger partial charge in [-0.1, -0.05) is 13.0 Å². The van der Waals surface area contributed by atoms with E-state index in [2.05, 4.69) is 15.9 Å². The van der Waals surface area contributed by atoms with Crippen molar-refractivity contribution < 1.29 is 14.3 Å². The average molecular weight is 271 g/mol. The molecule has 1 aromatic carbocycles. The van der Waals surface area contributed by atoms with Crippen molar-refractivity contribution in [2.45, 2.75) is 19.3 Å². The van der Waals surface area contributed by atoms with Crippen molar-refractivity contribution in [1.29, 1.82) is 0 Å². The Labute approximate surface area is 96.5 Å². The van der Waals surface area contributed by atoms with E-state index < -0.39 is 0 Å². The molecule has 4 heteroatoms. The molecule has 0 aromatic heterocycles. The molecule has 2 rings (SSSR count). The third-order valence-corrected chi connectivity index (χ3v) is 3.31. The predicted molar refractivity (Wildman–Crippen MR) is 59.4 cm³/mol. The van der Waals surface area contributed by atoms with Crippen molar-refractivity contribution >= 4 is 22.2 Å². The van der Waals surface area contributed by atoms with Crippen molar-refractivity contribution in [1.82, 2.24) is 0 Å². The molecule has 0 radical (unpaired) electrons. The molecule has 0 bridgehead atoms. The topological polar surface area (TPSA) is 35.5 Å². The summed E-state index contributed by atoms with van der Waals surface area (Å²) in [5, 5.41) is 0. The maximum atomic E-state index is 10.5. The highest BCUT2D eigenvalue weighted by atomic mass is 79.9. The Balaban J connectivity index is 2.37. The molecule has 0 amide bonds. The van der Waals surface area contributed by atoms with Crippen LogP contribution in [0.4, 0.5) is 0 Å². The first-order valence-corrected chi connectivity index (χ1v) is 5.55. The monoisotopic (exact) mass is 270 g/mol. The third-order valence-electron chi connectivity index (χ3n) is 2.49. The molecule has 0 saturated heterocycles. The van der Waals surface area contributed by atoms with E-state index in [9.17, 15) is 4.79 Å².